The number of hydrogen-bond acceptors (Lipinski definition) is 0. The lowest BCUT2D eigenvalue weighted by Gasteiger charge is -2.11. The topological polar surface area (TPSA) is 0 Å². The van der Waals surface area contributed by atoms with Crippen LogP contribution in [-0.2, 0) is 0 Å². The largest absolute Gasteiger partial charge is 0.139 e. The molecule has 0 unspecified atom stereocenters. The van der Waals surface area contributed by atoms with Gasteiger partial charge in [-0.05, 0) is 61.3 Å². The molecule has 0 heterocycles. The third-order valence-corrected chi connectivity index (χ3v) is 6.07. The van der Waals surface area contributed by atoms with Crippen LogP contribution in [0.1, 0.15) is 0 Å². The van der Waals surface area contributed by atoms with Gasteiger partial charge in [-0.1, -0.05) is 103 Å². The van der Waals surface area contributed by atoms with E-state index >= 15 is 0 Å². The fraction of sp³-hybridized carbons (Fsp3) is 0. The van der Waals surface area contributed by atoms with E-state index in [2.05, 4.69) is 111 Å². The molecule has 0 atom stereocenters. The highest BCUT2D eigenvalue weighted by Crippen LogP contribution is 2.49. The highest BCUT2D eigenvalue weighted by Gasteiger charge is 2.22. The number of hydrogen-bond donors (Lipinski definition) is 0. The fourth-order valence-corrected chi connectivity index (χ4v) is 4.75. The molecule has 134 valence electrons. The highest BCUT2D eigenvalue weighted by molar-refractivity contribution is 6.32. The van der Waals surface area contributed by atoms with E-state index in [1.807, 2.05) is 0 Å². The summed E-state index contributed by atoms with van der Waals surface area (Å²) < 4.78 is 0. The average molecular weight is 366 g/mol. The Bertz CT molecular complexity index is 1380. The third kappa shape index (κ3) is 2.48. The summed E-state index contributed by atoms with van der Waals surface area (Å²) in [6.45, 7) is 0. The van der Waals surface area contributed by atoms with E-state index in [1.165, 1.54) is 60.7 Å². The Kier molecular flexibility index (Phi) is 3.51. The monoisotopic (exact) mass is 366 g/mol. The lowest BCUT2D eigenvalue weighted by molar-refractivity contribution is 1.62. The lowest BCUT2D eigenvalue weighted by atomic mass is 9.90. The van der Waals surface area contributed by atoms with Crippen LogP contribution in [0, 0.1) is 0 Å². The fourth-order valence-electron chi connectivity index (χ4n) is 4.75. The van der Waals surface area contributed by atoms with Crippen molar-refractivity contribution >= 4 is 24.1 Å². The zero-order valence-electron chi connectivity index (χ0n) is 16.3. The molecule has 1 aliphatic rings. The number of benzene rings is 5. The molecule has 1 aliphatic carbocycles. The maximum absolute atomic E-state index is 2.32. The Morgan fingerprint density at radius 3 is 1.79 bits per heavy atom. The second-order valence-corrected chi connectivity index (χ2v) is 7.88. The normalized spacial score (nSPS) is 11.6. The summed E-state index contributed by atoms with van der Waals surface area (Å²) in [6, 6.07) is 37.7. The van der Waals surface area contributed by atoms with Crippen molar-refractivity contribution in [2.24, 2.45) is 0 Å². The van der Waals surface area contributed by atoms with Crippen molar-refractivity contribution in [1.29, 1.82) is 0 Å². The molecule has 0 nitrogen and oxygen atoms in total. The van der Waals surface area contributed by atoms with E-state index in [0.717, 1.165) is 0 Å². The smallest absolute Gasteiger partial charge is 0.0884 e. The molecule has 0 radical (unpaired) electrons. The van der Waals surface area contributed by atoms with Gasteiger partial charge in [-0.25, -0.2) is 0 Å². The minimum atomic E-state index is 1.26. The van der Waals surface area contributed by atoms with Crippen LogP contribution in [0.4, 0.5) is 0 Å². The van der Waals surface area contributed by atoms with Gasteiger partial charge in [0.1, 0.15) is 7.85 Å². The van der Waals surface area contributed by atoms with Gasteiger partial charge in [0.2, 0.25) is 0 Å². The minimum Gasteiger partial charge on any atom is -0.0884 e. The van der Waals surface area contributed by atoms with Gasteiger partial charge in [0, 0.05) is 0 Å². The van der Waals surface area contributed by atoms with Crippen LogP contribution in [0.2, 0.25) is 0 Å². The number of rotatable bonds is 2. The molecule has 5 aromatic rings. The summed E-state index contributed by atoms with van der Waals surface area (Å²) in [4.78, 5) is 0. The predicted molar refractivity (Wildman–Crippen MR) is 127 cm³/mol. The Morgan fingerprint density at radius 2 is 1.00 bits per heavy atom. The zero-order valence-corrected chi connectivity index (χ0v) is 16.3. The van der Waals surface area contributed by atoms with E-state index in [9.17, 15) is 0 Å². The van der Waals surface area contributed by atoms with Crippen molar-refractivity contribution in [1.82, 2.24) is 0 Å². The Balaban J connectivity index is 1.58. The third-order valence-electron chi connectivity index (χ3n) is 6.07. The second-order valence-electron chi connectivity index (χ2n) is 7.88. The van der Waals surface area contributed by atoms with Crippen LogP contribution in [0.25, 0.3) is 55.3 Å². The van der Waals surface area contributed by atoms with Crippen molar-refractivity contribution in [3.63, 3.8) is 0 Å². The standard InChI is InChI=1S/C28H19B/c29-21-9-4-7-19(17-21)18-6-3-8-20(16-18)22-14-15-27-24-11-2-1-10-23(24)26-13-5-12-25(22)28(26)27/h1-17H,29H2. The maximum atomic E-state index is 2.32. The zero-order chi connectivity index (χ0) is 19.4. The van der Waals surface area contributed by atoms with Gasteiger partial charge in [-0.2, -0.15) is 0 Å². The van der Waals surface area contributed by atoms with Gasteiger partial charge < -0.3 is 0 Å². The molecule has 0 aromatic heterocycles. The summed E-state index contributed by atoms with van der Waals surface area (Å²) in [6.07, 6.45) is 0. The van der Waals surface area contributed by atoms with E-state index in [0.29, 0.717) is 0 Å². The molecular formula is C28H19B. The summed E-state index contributed by atoms with van der Waals surface area (Å²) in [5.74, 6) is 0. The first-order chi connectivity index (χ1) is 14.3. The SMILES string of the molecule is Bc1cccc(-c2cccc(-c3ccc4c5c(cccc35)-c3ccccc3-4)c2)c1. The Labute approximate surface area is 171 Å². The quantitative estimate of drug-likeness (QED) is 0.326. The molecule has 29 heavy (non-hydrogen) atoms. The highest BCUT2D eigenvalue weighted by atomic mass is 14.2. The van der Waals surface area contributed by atoms with Gasteiger partial charge in [0.05, 0.1) is 0 Å². The minimum absolute atomic E-state index is 1.26. The maximum Gasteiger partial charge on any atom is 0.139 e. The second kappa shape index (κ2) is 6.22. The first-order valence-electron chi connectivity index (χ1n) is 10.1. The molecule has 0 aliphatic heterocycles. The summed E-state index contributed by atoms with van der Waals surface area (Å²) in [5.41, 5.74) is 11.8. The number of fused-ring (bicyclic) bond motifs is 3. The van der Waals surface area contributed by atoms with E-state index in [1.54, 1.807) is 0 Å². The average Bonchev–Trinajstić information content (AvgIpc) is 3.10. The molecule has 0 saturated heterocycles. The lowest BCUT2D eigenvalue weighted by Crippen LogP contribution is -2.00. The van der Waals surface area contributed by atoms with Gasteiger partial charge in [-0.15, -0.1) is 0 Å². The van der Waals surface area contributed by atoms with Crippen LogP contribution < -0.4 is 5.46 Å². The van der Waals surface area contributed by atoms with Crippen molar-refractivity contribution in [3.8, 4) is 44.5 Å². The van der Waals surface area contributed by atoms with Crippen molar-refractivity contribution in [2.75, 3.05) is 0 Å². The van der Waals surface area contributed by atoms with Gasteiger partial charge in [0.15, 0.2) is 0 Å². The Morgan fingerprint density at radius 1 is 0.414 bits per heavy atom. The molecule has 0 N–H and O–H groups in total. The summed E-state index contributed by atoms with van der Waals surface area (Å²) >= 11 is 0. The van der Waals surface area contributed by atoms with Crippen LogP contribution in [0.5, 0.6) is 0 Å². The summed E-state index contributed by atoms with van der Waals surface area (Å²) in [7, 11) is 2.15. The summed E-state index contributed by atoms with van der Waals surface area (Å²) in [5, 5.41) is 2.71. The molecule has 0 saturated carbocycles. The molecule has 0 fully saturated rings. The first-order valence-corrected chi connectivity index (χ1v) is 10.1. The molecule has 0 amide bonds. The molecule has 5 aromatic carbocycles. The predicted octanol–water partition coefficient (Wildman–Crippen LogP) is 6.08. The first kappa shape index (κ1) is 16.4. The van der Waals surface area contributed by atoms with Crippen LogP contribution in [0.15, 0.2) is 103 Å². The molecule has 1 heteroatoms. The van der Waals surface area contributed by atoms with Crippen LogP contribution in [0.3, 0.4) is 0 Å². The molecular weight excluding hydrogens is 347 g/mol. The van der Waals surface area contributed by atoms with Gasteiger partial charge in [-0.3, -0.25) is 0 Å². The van der Waals surface area contributed by atoms with E-state index in [4.69, 9.17) is 0 Å². The Hall–Kier alpha value is -3.58. The van der Waals surface area contributed by atoms with Crippen molar-refractivity contribution < 1.29 is 0 Å². The van der Waals surface area contributed by atoms with Crippen molar-refractivity contribution in [2.45, 2.75) is 0 Å². The van der Waals surface area contributed by atoms with E-state index < -0.39 is 0 Å². The van der Waals surface area contributed by atoms with E-state index in [-0.39, 0.29) is 0 Å². The molecule has 6 rings (SSSR count). The van der Waals surface area contributed by atoms with Gasteiger partial charge >= 0.3 is 0 Å². The molecule has 0 spiro atoms. The molecule has 0 bridgehead atoms. The van der Waals surface area contributed by atoms with Gasteiger partial charge in [0.25, 0.3) is 0 Å². The van der Waals surface area contributed by atoms with Crippen LogP contribution >= 0.6 is 0 Å². The van der Waals surface area contributed by atoms with Crippen molar-refractivity contribution in [3.05, 3.63) is 103 Å². The van der Waals surface area contributed by atoms with Crippen LogP contribution in [-0.4, -0.2) is 7.85 Å².